The SMILES string of the molecule is Cc1cc(C)n(CC2CN(C(=O)C3(O)Cc4ccccc4C3)CCO2)n1. The predicted molar refractivity (Wildman–Crippen MR) is 96.8 cm³/mol. The molecule has 0 saturated carbocycles. The Morgan fingerprint density at radius 3 is 2.62 bits per heavy atom. The number of aliphatic hydroxyl groups is 1. The molecule has 1 N–H and O–H groups in total. The number of aryl methyl sites for hydroxylation is 2. The number of carbonyl (C=O) groups excluding carboxylic acids is 1. The van der Waals surface area contributed by atoms with Crippen molar-refractivity contribution >= 4 is 5.91 Å². The van der Waals surface area contributed by atoms with Gasteiger partial charge in [0.15, 0.2) is 5.60 Å². The maximum Gasteiger partial charge on any atom is 0.255 e. The third-order valence-electron chi connectivity index (χ3n) is 5.39. The fourth-order valence-electron chi connectivity index (χ4n) is 4.11. The van der Waals surface area contributed by atoms with Gasteiger partial charge >= 0.3 is 0 Å². The van der Waals surface area contributed by atoms with Gasteiger partial charge in [0.25, 0.3) is 5.91 Å². The maximum atomic E-state index is 13.1. The third-order valence-corrected chi connectivity index (χ3v) is 5.39. The number of ether oxygens (including phenoxy) is 1. The highest BCUT2D eigenvalue weighted by molar-refractivity contribution is 5.87. The van der Waals surface area contributed by atoms with Gasteiger partial charge in [0.05, 0.1) is 24.9 Å². The van der Waals surface area contributed by atoms with Crippen molar-refractivity contribution in [1.82, 2.24) is 14.7 Å². The van der Waals surface area contributed by atoms with E-state index in [4.69, 9.17) is 4.74 Å². The average molecular weight is 355 g/mol. The summed E-state index contributed by atoms with van der Waals surface area (Å²) in [7, 11) is 0. The molecule has 26 heavy (non-hydrogen) atoms. The van der Waals surface area contributed by atoms with Crippen LogP contribution in [-0.4, -0.2) is 57.1 Å². The molecule has 1 amide bonds. The fourth-order valence-corrected chi connectivity index (χ4v) is 4.11. The second-order valence-corrected chi connectivity index (χ2v) is 7.51. The number of benzene rings is 1. The minimum Gasteiger partial charge on any atom is -0.379 e. The molecular weight excluding hydrogens is 330 g/mol. The summed E-state index contributed by atoms with van der Waals surface area (Å²) in [5.41, 5.74) is 2.86. The summed E-state index contributed by atoms with van der Waals surface area (Å²) in [4.78, 5) is 14.8. The second kappa shape index (κ2) is 6.52. The maximum absolute atomic E-state index is 13.1. The van der Waals surface area contributed by atoms with E-state index in [2.05, 4.69) is 5.10 Å². The Morgan fingerprint density at radius 1 is 1.31 bits per heavy atom. The summed E-state index contributed by atoms with van der Waals surface area (Å²) in [6, 6.07) is 9.92. The molecule has 6 heteroatoms. The van der Waals surface area contributed by atoms with Gasteiger partial charge in [-0.1, -0.05) is 24.3 Å². The van der Waals surface area contributed by atoms with E-state index in [0.29, 0.717) is 39.1 Å². The van der Waals surface area contributed by atoms with Crippen LogP contribution in [0, 0.1) is 13.8 Å². The number of carbonyl (C=O) groups is 1. The lowest BCUT2D eigenvalue weighted by atomic mass is 9.98. The highest BCUT2D eigenvalue weighted by atomic mass is 16.5. The molecule has 2 aromatic rings. The molecule has 0 spiro atoms. The molecular formula is C20H25N3O3. The molecule has 1 aromatic heterocycles. The van der Waals surface area contributed by atoms with E-state index >= 15 is 0 Å². The van der Waals surface area contributed by atoms with E-state index in [-0.39, 0.29) is 12.0 Å². The first-order chi connectivity index (χ1) is 12.4. The van der Waals surface area contributed by atoms with E-state index in [1.54, 1.807) is 4.90 Å². The number of fused-ring (bicyclic) bond motifs is 1. The van der Waals surface area contributed by atoms with Crippen molar-refractivity contribution in [3.63, 3.8) is 0 Å². The number of nitrogens with zero attached hydrogens (tertiary/aromatic N) is 3. The number of hydrogen-bond donors (Lipinski definition) is 1. The molecule has 1 unspecified atom stereocenters. The first-order valence-electron chi connectivity index (χ1n) is 9.16. The predicted octanol–water partition coefficient (Wildman–Crippen LogP) is 1.26. The Morgan fingerprint density at radius 2 is 2.00 bits per heavy atom. The van der Waals surface area contributed by atoms with Gasteiger partial charge in [0.1, 0.15) is 0 Å². The first kappa shape index (κ1) is 17.2. The van der Waals surface area contributed by atoms with Crippen molar-refractivity contribution < 1.29 is 14.6 Å². The van der Waals surface area contributed by atoms with Gasteiger partial charge in [0, 0.05) is 31.6 Å². The van der Waals surface area contributed by atoms with E-state index in [1.807, 2.05) is 48.9 Å². The second-order valence-electron chi connectivity index (χ2n) is 7.51. The van der Waals surface area contributed by atoms with Crippen molar-refractivity contribution in [3.05, 3.63) is 52.8 Å². The summed E-state index contributed by atoms with van der Waals surface area (Å²) in [6.45, 7) is 6.08. The van der Waals surface area contributed by atoms with E-state index < -0.39 is 5.60 Å². The summed E-state index contributed by atoms with van der Waals surface area (Å²) in [6.07, 6.45) is 0.668. The number of amides is 1. The van der Waals surface area contributed by atoms with E-state index in [0.717, 1.165) is 22.5 Å². The van der Waals surface area contributed by atoms with Crippen LogP contribution in [-0.2, 0) is 28.9 Å². The Balaban J connectivity index is 1.44. The fraction of sp³-hybridized carbons (Fsp3) is 0.500. The molecule has 4 rings (SSSR count). The van der Waals surface area contributed by atoms with Gasteiger partial charge in [-0.05, 0) is 31.0 Å². The number of morpholine rings is 1. The van der Waals surface area contributed by atoms with E-state index in [1.165, 1.54) is 0 Å². The van der Waals surface area contributed by atoms with Crippen LogP contribution in [0.5, 0.6) is 0 Å². The van der Waals surface area contributed by atoms with Crippen LogP contribution < -0.4 is 0 Å². The lowest BCUT2D eigenvalue weighted by Gasteiger charge is -2.37. The normalized spacial score (nSPS) is 21.7. The average Bonchev–Trinajstić information content (AvgIpc) is 3.13. The minimum absolute atomic E-state index is 0.113. The third kappa shape index (κ3) is 3.15. The van der Waals surface area contributed by atoms with Crippen molar-refractivity contribution in [3.8, 4) is 0 Å². The zero-order chi connectivity index (χ0) is 18.3. The quantitative estimate of drug-likeness (QED) is 0.900. The van der Waals surface area contributed by atoms with Crippen molar-refractivity contribution in [2.75, 3.05) is 19.7 Å². The molecule has 2 aliphatic rings. The molecule has 6 nitrogen and oxygen atoms in total. The zero-order valence-electron chi connectivity index (χ0n) is 15.3. The minimum atomic E-state index is -1.33. The standard InChI is InChI=1S/C20H25N3O3/c1-14-9-15(2)23(21-14)13-18-12-22(7-8-26-18)19(24)20(25)10-16-5-3-4-6-17(16)11-20/h3-6,9,18,25H,7-8,10-13H2,1-2H3. The molecule has 2 heterocycles. The monoisotopic (exact) mass is 355 g/mol. The first-order valence-corrected chi connectivity index (χ1v) is 9.16. The molecule has 1 saturated heterocycles. The van der Waals surface area contributed by atoms with Crippen molar-refractivity contribution in [2.45, 2.75) is 44.9 Å². The lowest BCUT2D eigenvalue weighted by molar-refractivity contribution is -0.158. The molecule has 138 valence electrons. The number of rotatable bonds is 3. The topological polar surface area (TPSA) is 67.6 Å². The van der Waals surface area contributed by atoms with Crippen LogP contribution in [0.2, 0.25) is 0 Å². The number of aromatic nitrogens is 2. The summed E-state index contributed by atoms with van der Waals surface area (Å²) in [5, 5.41) is 15.5. The Kier molecular flexibility index (Phi) is 4.32. The Hall–Kier alpha value is -2.18. The zero-order valence-corrected chi connectivity index (χ0v) is 15.3. The van der Waals surface area contributed by atoms with Gasteiger partial charge < -0.3 is 14.7 Å². The van der Waals surface area contributed by atoms with Gasteiger partial charge in [-0.15, -0.1) is 0 Å². The van der Waals surface area contributed by atoms with E-state index in [9.17, 15) is 9.90 Å². The summed E-state index contributed by atoms with van der Waals surface area (Å²) in [5.74, 6) is -0.185. The number of hydrogen-bond acceptors (Lipinski definition) is 4. The van der Waals surface area contributed by atoms with Crippen molar-refractivity contribution in [2.24, 2.45) is 0 Å². The van der Waals surface area contributed by atoms with Gasteiger partial charge in [0.2, 0.25) is 0 Å². The summed E-state index contributed by atoms with van der Waals surface area (Å²) < 4.78 is 7.77. The van der Waals surface area contributed by atoms with Crippen LogP contribution in [0.15, 0.2) is 30.3 Å². The van der Waals surface area contributed by atoms with Crippen LogP contribution in [0.1, 0.15) is 22.5 Å². The largest absolute Gasteiger partial charge is 0.379 e. The highest BCUT2D eigenvalue weighted by Crippen LogP contribution is 2.32. The smallest absolute Gasteiger partial charge is 0.255 e. The molecule has 1 aliphatic heterocycles. The van der Waals surface area contributed by atoms with Crippen LogP contribution in [0.25, 0.3) is 0 Å². The molecule has 1 aliphatic carbocycles. The van der Waals surface area contributed by atoms with Crippen LogP contribution in [0.3, 0.4) is 0 Å². The highest BCUT2D eigenvalue weighted by Gasteiger charge is 2.45. The molecule has 1 fully saturated rings. The molecule has 1 aromatic carbocycles. The Bertz CT molecular complexity index is 804. The Labute approximate surface area is 153 Å². The van der Waals surface area contributed by atoms with Gasteiger partial charge in [-0.25, -0.2) is 0 Å². The van der Waals surface area contributed by atoms with Crippen LogP contribution >= 0.6 is 0 Å². The molecule has 0 radical (unpaired) electrons. The lowest BCUT2D eigenvalue weighted by Crippen LogP contribution is -2.55. The molecule has 0 bridgehead atoms. The van der Waals surface area contributed by atoms with Gasteiger partial charge in [-0.2, -0.15) is 5.10 Å². The van der Waals surface area contributed by atoms with Crippen molar-refractivity contribution in [1.29, 1.82) is 0 Å². The molecule has 1 atom stereocenters. The van der Waals surface area contributed by atoms with Gasteiger partial charge in [-0.3, -0.25) is 9.48 Å². The van der Waals surface area contributed by atoms with Crippen LogP contribution in [0.4, 0.5) is 0 Å². The summed E-state index contributed by atoms with van der Waals surface area (Å²) >= 11 is 0.